The largest absolute Gasteiger partial charge is 0.497 e. The lowest BCUT2D eigenvalue weighted by Crippen LogP contribution is -2.51. The van der Waals surface area contributed by atoms with E-state index in [2.05, 4.69) is 49.1 Å². The van der Waals surface area contributed by atoms with Gasteiger partial charge in [0.25, 0.3) is 0 Å². The van der Waals surface area contributed by atoms with Crippen molar-refractivity contribution in [1.82, 2.24) is 9.21 Å². The van der Waals surface area contributed by atoms with Crippen LogP contribution < -0.4 is 4.74 Å². The zero-order valence-corrected chi connectivity index (χ0v) is 22.4. The fraction of sp³-hybridized carbons (Fsp3) is 0.586. The maximum atomic E-state index is 13.7. The van der Waals surface area contributed by atoms with Gasteiger partial charge >= 0.3 is 0 Å². The molecule has 192 valence electrons. The van der Waals surface area contributed by atoms with Gasteiger partial charge in [-0.25, -0.2) is 8.42 Å². The second-order valence-electron chi connectivity index (χ2n) is 10.6. The molecule has 1 aliphatic carbocycles. The van der Waals surface area contributed by atoms with Crippen molar-refractivity contribution >= 4 is 10.0 Å². The van der Waals surface area contributed by atoms with E-state index in [0.717, 1.165) is 32.4 Å². The summed E-state index contributed by atoms with van der Waals surface area (Å²) in [5, 5.41) is 0. The standard InChI is InChI=1S/C29H42N2O3S/c1-23(2)17-22-31(35(32,33)27-15-13-26(34-3)14-16-27)25-18-20-30(21-19-25)29-12-8-7-11-28(29)24-9-5-4-6-10-24/h4-6,9-10,13-16,23,25,28-29H,7-8,11-12,17-22H2,1-3H3. The second kappa shape index (κ2) is 11.9. The highest BCUT2D eigenvalue weighted by Crippen LogP contribution is 2.38. The van der Waals surface area contributed by atoms with Gasteiger partial charge < -0.3 is 4.74 Å². The first kappa shape index (κ1) is 26.2. The predicted molar refractivity (Wildman–Crippen MR) is 142 cm³/mol. The van der Waals surface area contributed by atoms with E-state index in [1.807, 2.05) is 4.31 Å². The van der Waals surface area contributed by atoms with Crippen molar-refractivity contribution in [2.24, 2.45) is 5.92 Å². The van der Waals surface area contributed by atoms with Crippen LogP contribution in [-0.4, -0.2) is 56.5 Å². The Labute approximate surface area is 212 Å². The van der Waals surface area contributed by atoms with E-state index in [0.29, 0.717) is 35.1 Å². The molecule has 2 unspecified atom stereocenters. The molecule has 0 N–H and O–H groups in total. The molecule has 0 aromatic heterocycles. The van der Waals surface area contributed by atoms with E-state index >= 15 is 0 Å². The number of benzene rings is 2. The summed E-state index contributed by atoms with van der Waals surface area (Å²) >= 11 is 0. The van der Waals surface area contributed by atoms with Gasteiger partial charge in [0.1, 0.15) is 5.75 Å². The summed E-state index contributed by atoms with van der Waals surface area (Å²) in [6, 6.07) is 18.4. The molecule has 1 saturated carbocycles. The summed E-state index contributed by atoms with van der Waals surface area (Å²) in [5.41, 5.74) is 1.46. The molecule has 35 heavy (non-hydrogen) atoms. The first-order valence-electron chi connectivity index (χ1n) is 13.3. The molecule has 2 atom stereocenters. The van der Waals surface area contributed by atoms with Crippen LogP contribution in [0.5, 0.6) is 5.75 Å². The Morgan fingerprint density at radius 2 is 1.60 bits per heavy atom. The van der Waals surface area contributed by atoms with Crippen molar-refractivity contribution < 1.29 is 13.2 Å². The van der Waals surface area contributed by atoms with Crippen molar-refractivity contribution in [2.75, 3.05) is 26.7 Å². The highest BCUT2D eigenvalue weighted by Gasteiger charge is 2.37. The third kappa shape index (κ3) is 6.28. The van der Waals surface area contributed by atoms with Crippen LogP contribution in [0.15, 0.2) is 59.5 Å². The van der Waals surface area contributed by atoms with Crippen LogP contribution in [0, 0.1) is 5.92 Å². The van der Waals surface area contributed by atoms with Crippen molar-refractivity contribution in [3.05, 3.63) is 60.2 Å². The van der Waals surface area contributed by atoms with Crippen molar-refractivity contribution in [1.29, 1.82) is 0 Å². The number of hydrogen-bond donors (Lipinski definition) is 0. The normalized spacial score (nSPS) is 22.5. The van der Waals surface area contributed by atoms with Crippen LogP contribution in [0.3, 0.4) is 0 Å². The highest BCUT2D eigenvalue weighted by molar-refractivity contribution is 7.89. The molecule has 0 amide bonds. The van der Waals surface area contributed by atoms with Crippen molar-refractivity contribution in [3.8, 4) is 5.75 Å². The van der Waals surface area contributed by atoms with E-state index in [-0.39, 0.29) is 6.04 Å². The molecule has 0 spiro atoms. The van der Waals surface area contributed by atoms with Gasteiger partial charge in [0.2, 0.25) is 10.0 Å². The Kier molecular flexibility index (Phi) is 8.90. The molecule has 1 aliphatic heterocycles. The third-order valence-electron chi connectivity index (χ3n) is 7.93. The van der Waals surface area contributed by atoms with Crippen LogP contribution in [0.1, 0.15) is 70.3 Å². The topological polar surface area (TPSA) is 49.9 Å². The van der Waals surface area contributed by atoms with Gasteiger partial charge in [-0.1, -0.05) is 57.0 Å². The highest BCUT2D eigenvalue weighted by atomic mass is 32.2. The molecule has 1 saturated heterocycles. The average Bonchev–Trinajstić information content (AvgIpc) is 2.89. The van der Waals surface area contributed by atoms with Gasteiger partial charge in [0.05, 0.1) is 12.0 Å². The number of nitrogens with zero attached hydrogens (tertiary/aromatic N) is 2. The van der Waals surface area contributed by atoms with Gasteiger partial charge in [0, 0.05) is 18.6 Å². The molecule has 2 fully saturated rings. The molecule has 2 aromatic carbocycles. The molecule has 2 aromatic rings. The summed E-state index contributed by atoms with van der Waals surface area (Å²) in [4.78, 5) is 3.02. The van der Waals surface area contributed by atoms with Gasteiger partial charge in [-0.2, -0.15) is 4.31 Å². The molecular formula is C29H42N2O3S. The fourth-order valence-electron chi connectivity index (χ4n) is 5.91. The lowest BCUT2D eigenvalue weighted by molar-refractivity contribution is 0.0838. The van der Waals surface area contributed by atoms with E-state index in [4.69, 9.17) is 4.74 Å². The molecule has 2 aliphatic rings. The van der Waals surface area contributed by atoms with Gasteiger partial charge in [-0.3, -0.25) is 4.90 Å². The quantitative estimate of drug-likeness (QED) is 0.430. The molecule has 0 radical (unpaired) electrons. The van der Waals surface area contributed by atoms with Crippen LogP contribution in [0.4, 0.5) is 0 Å². The van der Waals surface area contributed by atoms with Gasteiger partial charge in [0.15, 0.2) is 0 Å². The number of rotatable bonds is 9. The summed E-state index contributed by atoms with van der Waals surface area (Å²) < 4.78 is 34.5. The number of piperidine rings is 1. The summed E-state index contributed by atoms with van der Waals surface area (Å²) in [5.74, 6) is 1.71. The monoisotopic (exact) mass is 498 g/mol. The molecule has 1 heterocycles. The molecule has 6 heteroatoms. The number of hydrogen-bond acceptors (Lipinski definition) is 4. The summed E-state index contributed by atoms with van der Waals surface area (Å²) in [7, 11) is -1.96. The Hall–Kier alpha value is -1.89. The van der Waals surface area contributed by atoms with Crippen molar-refractivity contribution in [3.63, 3.8) is 0 Å². The van der Waals surface area contributed by atoms with E-state index in [9.17, 15) is 8.42 Å². The average molecular weight is 499 g/mol. The lowest BCUT2D eigenvalue weighted by Gasteiger charge is -2.45. The van der Waals surface area contributed by atoms with Gasteiger partial charge in [-0.15, -0.1) is 0 Å². The van der Waals surface area contributed by atoms with E-state index in [1.165, 1.54) is 31.2 Å². The predicted octanol–water partition coefficient (Wildman–Crippen LogP) is 5.92. The first-order chi connectivity index (χ1) is 16.9. The molecule has 5 nitrogen and oxygen atoms in total. The molecular weight excluding hydrogens is 456 g/mol. The van der Waals surface area contributed by atoms with E-state index in [1.54, 1.807) is 31.4 Å². The minimum Gasteiger partial charge on any atom is -0.497 e. The van der Waals surface area contributed by atoms with Crippen LogP contribution >= 0.6 is 0 Å². The maximum absolute atomic E-state index is 13.7. The van der Waals surface area contributed by atoms with Crippen LogP contribution in [-0.2, 0) is 10.0 Å². The fourth-order valence-corrected chi connectivity index (χ4v) is 7.61. The Morgan fingerprint density at radius 1 is 0.943 bits per heavy atom. The smallest absolute Gasteiger partial charge is 0.243 e. The zero-order valence-electron chi connectivity index (χ0n) is 21.6. The minimum atomic E-state index is -3.56. The Bertz CT molecular complexity index is 1020. The minimum absolute atomic E-state index is 0.0517. The van der Waals surface area contributed by atoms with Crippen molar-refractivity contribution in [2.45, 2.75) is 81.7 Å². The second-order valence-corrected chi connectivity index (χ2v) is 12.5. The Morgan fingerprint density at radius 3 is 2.23 bits per heavy atom. The number of methoxy groups -OCH3 is 1. The third-order valence-corrected chi connectivity index (χ3v) is 9.89. The summed E-state index contributed by atoms with van der Waals surface area (Å²) in [6.07, 6.45) is 7.74. The number of likely N-dealkylation sites (tertiary alicyclic amines) is 1. The van der Waals surface area contributed by atoms with Crippen LogP contribution in [0.25, 0.3) is 0 Å². The van der Waals surface area contributed by atoms with Gasteiger partial charge in [-0.05, 0) is 86.9 Å². The van der Waals surface area contributed by atoms with E-state index < -0.39 is 10.0 Å². The maximum Gasteiger partial charge on any atom is 0.243 e. The summed E-state index contributed by atoms with van der Waals surface area (Å²) in [6.45, 7) is 6.83. The number of ether oxygens (including phenoxy) is 1. The lowest BCUT2D eigenvalue weighted by atomic mass is 9.78. The first-order valence-corrected chi connectivity index (χ1v) is 14.8. The molecule has 4 rings (SSSR count). The Balaban J connectivity index is 1.48. The number of sulfonamides is 1. The zero-order chi connectivity index (χ0) is 24.8. The SMILES string of the molecule is COc1ccc(S(=O)(=O)N(CCC(C)C)C2CCN(C3CCCCC3c3ccccc3)CC2)cc1. The van der Waals surface area contributed by atoms with Crippen LogP contribution in [0.2, 0.25) is 0 Å². The molecule has 0 bridgehead atoms.